The van der Waals surface area contributed by atoms with Crippen molar-refractivity contribution in [3.05, 3.63) is 78.0 Å². The molecule has 1 N–H and O–H groups in total. The first-order chi connectivity index (χ1) is 16.0. The number of carbonyl (C=O) groups excluding carboxylic acids is 1. The van der Waals surface area contributed by atoms with Crippen LogP contribution in [0.1, 0.15) is 15.9 Å². The lowest BCUT2D eigenvalue weighted by atomic mass is 10.1. The fourth-order valence-electron chi connectivity index (χ4n) is 4.33. The molecule has 170 valence electrons. The van der Waals surface area contributed by atoms with Gasteiger partial charge in [-0.3, -0.25) is 9.48 Å². The molecular weight excluding hydrogens is 423 g/mol. The predicted octanol–water partition coefficient (Wildman–Crippen LogP) is 3.37. The molecule has 1 fully saturated rings. The molecule has 33 heavy (non-hydrogen) atoms. The minimum Gasteiger partial charge on any atom is -0.377 e. The van der Waals surface area contributed by atoms with E-state index < -0.39 is 5.82 Å². The van der Waals surface area contributed by atoms with Crippen LogP contribution in [0.25, 0.3) is 22.0 Å². The summed E-state index contributed by atoms with van der Waals surface area (Å²) in [5.74, 6) is -0.761. The Bertz CT molecular complexity index is 1290. The van der Waals surface area contributed by atoms with Crippen molar-refractivity contribution in [2.45, 2.75) is 18.7 Å². The molecule has 0 spiro atoms. The molecule has 4 aromatic rings. The van der Waals surface area contributed by atoms with Gasteiger partial charge in [0.1, 0.15) is 11.9 Å². The number of halogens is 1. The molecule has 3 heterocycles. The minimum atomic E-state index is -0.422. The van der Waals surface area contributed by atoms with Crippen LogP contribution in [0.2, 0.25) is 0 Å². The lowest BCUT2D eigenvalue weighted by molar-refractivity contribution is 0.0686. The second-order valence-corrected chi connectivity index (χ2v) is 8.30. The van der Waals surface area contributed by atoms with Crippen molar-refractivity contribution in [1.82, 2.24) is 19.7 Å². The van der Waals surface area contributed by atoms with E-state index in [1.165, 1.54) is 6.07 Å². The average Bonchev–Trinajstić information content (AvgIpc) is 3.54. The summed E-state index contributed by atoms with van der Waals surface area (Å²) in [6.07, 6.45) is 5.29. The van der Waals surface area contributed by atoms with Crippen LogP contribution in [0.4, 0.5) is 4.39 Å². The van der Waals surface area contributed by atoms with Crippen LogP contribution < -0.4 is 5.32 Å². The van der Waals surface area contributed by atoms with Crippen molar-refractivity contribution in [3.8, 4) is 11.1 Å². The van der Waals surface area contributed by atoms with Crippen LogP contribution in [0.5, 0.6) is 0 Å². The Morgan fingerprint density at radius 2 is 2.00 bits per heavy atom. The highest BCUT2D eigenvalue weighted by molar-refractivity contribution is 6.07. The maximum absolute atomic E-state index is 14.8. The van der Waals surface area contributed by atoms with Crippen LogP contribution in [-0.4, -0.2) is 52.7 Å². The molecule has 5 rings (SSSR count). The van der Waals surface area contributed by atoms with Gasteiger partial charge in [0.05, 0.1) is 36.5 Å². The number of rotatable bonds is 6. The Labute approximate surface area is 190 Å². The van der Waals surface area contributed by atoms with Crippen molar-refractivity contribution in [2.24, 2.45) is 7.05 Å². The van der Waals surface area contributed by atoms with E-state index in [0.717, 1.165) is 16.7 Å². The van der Waals surface area contributed by atoms with E-state index >= 15 is 0 Å². The summed E-state index contributed by atoms with van der Waals surface area (Å²) in [7, 11) is 3.47. The number of hydrogen-bond acceptors (Lipinski definition) is 4. The van der Waals surface area contributed by atoms with E-state index in [4.69, 9.17) is 9.47 Å². The first-order valence-corrected chi connectivity index (χ1v) is 10.8. The first kappa shape index (κ1) is 21.4. The molecule has 1 amide bonds. The number of nitrogens with zero attached hydrogens (tertiary/aromatic N) is 3. The van der Waals surface area contributed by atoms with Gasteiger partial charge in [-0.25, -0.2) is 4.39 Å². The number of carbonyl (C=O) groups is 1. The largest absolute Gasteiger partial charge is 0.377 e. The van der Waals surface area contributed by atoms with Crippen molar-refractivity contribution >= 4 is 16.8 Å². The third-order valence-electron chi connectivity index (χ3n) is 6.09. The lowest BCUT2D eigenvalue weighted by Gasteiger charge is -2.17. The zero-order valence-corrected chi connectivity index (χ0v) is 18.5. The fourth-order valence-corrected chi connectivity index (χ4v) is 4.33. The van der Waals surface area contributed by atoms with Gasteiger partial charge < -0.3 is 19.4 Å². The summed E-state index contributed by atoms with van der Waals surface area (Å²) in [6.45, 7) is 1.30. The maximum Gasteiger partial charge on any atom is 0.253 e. The van der Waals surface area contributed by atoms with Gasteiger partial charge in [0, 0.05) is 44.0 Å². The molecule has 0 radical (unpaired) electrons. The SMILES string of the molecule is CO[C@H]1COC[C@@H]1NC(=O)c1cn(Cc2ccc(-c3cnn(C)c3)cc2)c2cccc(F)c12. The normalized spacial score (nSPS) is 18.2. The van der Waals surface area contributed by atoms with Crippen molar-refractivity contribution < 1.29 is 18.7 Å². The standard InChI is InChI=1S/C25H25FN4O3/c1-29-12-18(10-27-29)17-8-6-16(7-9-17)11-30-13-19(24-20(26)4-3-5-22(24)30)25(31)28-21-14-33-15-23(21)32-2/h3-10,12-13,21,23H,11,14-15H2,1-2H3,(H,28,31)/t21-,23-/m0/s1. The Morgan fingerprint density at radius 3 is 2.73 bits per heavy atom. The molecule has 2 aromatic heterocycles. The van der Waals surface area contributed by atoms with Crippen LogP contribution in [-0.2, 0) is 23.1 Å². The van der Waals surface area contributed by atoms with Gasteiger partial charge in [-0.15, -0.1) is 0 Å². The van der Waals surface area contributed by atoms with E-state index in [-0.39, 0.29) is 18.1 Å². The number of benzene rings is 2. The van der Waals surface area contributed by atoms with E-state index in [1.54, 1.807) is 24.1 Å². The van der Waals surface area contributed by atoms with Crippen LogP contribution in [0.15, 0.2) is 61.1 Å². The van der Waals surface area contributed by atoms with Gasteiger partial charge in [0.2, 0.25) is 0 Å². The number of methoxy groups -OCH3 is 1. The van der Waals surface area contributed by atoms with Gasteiger partial charge in [-0.05, 0) is 23.3 Å². The predicted molar refractivity (Wildman–Crippen MR) is 123 cm³/mol. The third-order valence-corrected chi connectivity index (χ3v) is 6.09. The summed E-state index contributed by atoms with van der Waals surface area (Å²) < 4.78 is 29.3. The first-order valence-electron chi connectivity index (χ1n) is 10.8. The minimum absolute atomic E-state index is 0.217. The van der Waals surface area contributed by atoms with Crippen molar-refractivity contribution in [2.75, 3.05) is 20.3 Å². The molecule has 1 saturated heterocycles. The van der Waals surface area contributed by atoms with Gasteiger partial charge in [0.25, 0.3) is 5.91 Å². The highest BCUT2D eigenvalue weighted by Gasteiger charge is 2.30. The summed E-state index contributed by atoms with van der Waals surface area (Å²) in [5.41, 5.74) is 4.13. The number of aryl methyl sites for hydroxylation is 1. The summed E-state index contributed by atoms with van der Waals surface area (Å²) in [5, 5.41) is 7.47. The molecule has 0 unspecified atom stereocenters. The molecule has 0 saturated carbocycles. The van der Waals surface area contributed by atoms with Crippen LogP contribution >= 0.6 is 0 Å². The number of fused-ring (bicyclic) bond motifs is 1. The number of hydrogen-bond donors (Lipinski definition) is 1. The van der Waals surface area contributed by atoms with E-state index in [0.29, 0.717) is 36.2 Å². The Balaban J connectivity index is 1.43. The van der Waals surface area contributed by atoms with Gasteiger partial charge in [-0.2, -0.15) is 5.10 Å². The zero-order valence-electron chi connectivity index (χ0n) is 18.5. The molecular formula is C25H25FN4O3. The van der Waals surface area contributed by atoms with Crippen molar-refractivity contribution in [1.29, 1.82) is 0 Å². The quantitative estimate of drug-likeness (QED) is 0.491. The zero-order chi connectivity index (χ0) is 22.9. The lowest BCUT2D eigenvalue weighted by Crippen LogP contribution is -2.43. The fraction of sp³-hybridized carbons (Fsp3) is 0.280. The Kier molecular flexibility index (Phi) is 5.70. The van der Waals surface area contributed by atoms with Crippen LogP contribution in [0.3, 0.4) is 0 Å². The summed E-state index contributed by atoms with van der Waals surface area (Å²) in [4.78, 5) is 13.1. The summed E-state index contributed by atoms with van der Waals surface area (Å²) >= 11 is 0. The highest BCUT2D eigenvalue weighted by atomic mass is 19.1. The second kappa shape index (κ2) is 8.80. The van der Waals surface area contributed by atoms with Crippen molar-refractivity contribution in [3.63, 3.8) is 0 Å². The molecule has 0 aliphatic carbocycles. The smallest absolute Gasteiger partial charge is 0.253 e. The molecule has 1 aliphatic heterocycles. The monoisotopic (exact) mass is 448 g/mol. The number of nitrogens with one attached hydrogen (secondary N) is 1. The number of aromatic nitrogens is 3. The molecule has 2 atom stereocenters. The molecule has 1 aliphatic rings. The highest BCUT2D eigenvalue weighted by Crippen LogP contribution is 2.27. The Morgan fingerprint density at radius 1 is 1.18 bits per heavy atom. The van der Waals surface area contributed by atoms with Crippen LogP contribution in [0, 0.1) is 5.82 Å². The van der Waals surface area contributed by atoms with E-state index in [9.17, 15) is 9.18 Å². The topological polar surface area (TPSA) is 70.3 Å². The average molecular weight is 448 g/mol. The molecule has 2 aromatic carbocycles. The van der Waals surface area contributed by atoms with Gasteiger partial charge in [0.15, 0.2) is 0 Å². The maximum atomic E-state index is 14.8. The Hall–Kier alpha value is -3.49. The molecule has 7 nitrogen and oxygen atoms in total. The second-order valence-electron chi connectivity index (χ2n) is 8.30. The van der Waals surface area contributed by atoms with Gasteiger partial charge in [-0.1, -0.05) is 30.3 Å². The van der Waals surface area contributed by atoms with Gasteiger partial charge >= 0.3 is 0 Å². The third kappa shape index (κ3) is 4.15. The number of amides is 1. The summed E-state index contributed by atoms with van der Waals surface area (Å²) in [6, 6.07) is 12.7. The number of ether oxygens (including phenoxy) is 2. The molecule has 8 heteroatoms. The molecule has 0 bridgehead atoms. The van der Waals surface area contributed by atoms with E-state index in [2.05, 4.69) is 10.4 Å². The van der Waals surface area contributed by atoms with E-state index in [1.807, 2.05) is 54.3 Å².